The predicted molar refractivity (Wildman–Crippen MR) is 75.2 cm³/mol. The third-order valence-corrected chi connectivity index (χ3v) is 3.13. The zero-order chi connectivity index (χ0) is 15.2. The summed E-state index contributed by atoms with van der Waals surface area (Å²) in [4.78, 5) is 34.3. The van der Waals surface area contributed by atoms with Crippen LogP contribution in [0, 0.1) is 0 Å². The molecule has 0 unspecified atom stereocenters. The third-order valence-electron chi connectivity index (χ3n) is 3.13. The van der Waals surface area contributed by atoms with Crippen molar-refractivity contribution in [2.45, 2.75) is 0 Å². The second-order valence-electron chi connectivity index (χ2n) is 4.64. The van der Waals surface area contributed by atoms with Crippen LogP contribution in [-0.4, -0.2) is 60.5 Å². The number of amides is 2. The SMILES string of the molecule is C1CNCCN1.O=C(O)CN1C(=O)c2ccccc2C1=O. The van der Waals surface area contributed by atoms with Gasteiger partial charge in [-0.25, -0.2) is 0 Å². The maximum Gasteiger partial charge on any atom is 0.323 e. The van der Waals surface area contributed by atoms with Crippen LogP contribution in [0.2, 0.25) is 0 Å². The average Bonchev–Trinajstić information content (AvgIpc) is 2.75. The Kier molecular flexibility index (Phi) is 5.02. The highest BCUT2D eigenvalue weighted by atomic mass is 16.4. The number of piperazine rings is 1. The van der Waals surface area contributed by atoms with E-state index >= 15 is 0 Å². The number of hydrogen-bond acceptors (Lipinski definition) is 5. The molecule has 1 aromatic rings. The minimum Gasteiger partial charge on any atom is -0.480 e. The maximum absolute atomic E-state index is 11.6. The highest BCUT2D eigenvalue weighted by molar-refractivity contribution is 6.22. The first kappa shape index (κ1) is 15.1. The number of nitrogens with one attached hydrogen (secondary N) is 2. The van der Waals surface area contributed by atoms with Gasteiger partial charge in [-0.1, -0.05) is 12.1 Å². The Balaban J connectivity index is 0.000000225. The van der Waals surface area contributed by atoms with Gasteiger partial charge in [-0.15, -0.1) is 0 Å². The van der Waals surface area contributed by atoms with Gasteiger partial charge in [-0.3, -0.25) is 19.3 Å². The lowest BCUT2D eigenvalue weighted by atomic mass is 10.1. The van der Waals surface area contributed by atoms with Crippen LogP contribution in [0.3, 0.4) is 0 Å². The van der Waals surface area contributed by atoms with Gasteiger partial charge in [0.2, 0.25) is 0 Å². The summed E-state index contributed by atoms with van der Waals surface area (Å²) in [5.74, 6) is -2.29. The van der Waals surface area contributed by atoms with Crippen molar-refractivity contribution in [2.75, 3.05) is 32.7 Å². The van der Waals surface area contributed by atoms with Crippen molar-refractivity contribution in [3.63, 3.8) is 0 Å². The molecule has 21 heavy (non-hydrogen) atoms. The van der Waals surface area contributed by atoms with Crippen LogP contribution in [-0.2, 0) is 4.79 Å². The van der Waals surface area contributed by atoms with Crippen LogP contribution in [0.5, 0.6) is 0 Å². The van der Waals surface area contributed by atoms with E-state index in [-0.39, 0.29) is 11.1 Å². The highest BCUT2D eigenvalue weighted by Gasteiger charge is 2.36. The van der Waals surface area contributed by atoms with Crippen molar-refractivity contribution in [2.24, 2.45) is 0 Å². The molecular weight excluding hydrogens is 274 g/mol. The standard InChI is InChI=1S/C10H7NO4.C4H10N2/c12-8(13)5-11-9(14)6-3-1-2-4-7(6)10(11)15;1-2-6-4-3-5-1/h1-4H,5H2,(H,12,13);5-6H,1-4H2. The van der Waals surface area contributed by atoms with Crippen LogP contribution >= 0.6 is 0 Å². The van der Waals surface area contributed by atoms with Crippen molar-refractivity contribution >= 4 is 17.8 Å². The number of imide groups is 1. The molecule has 0 spiro atoms. The predicted octanol–water partition coefficient (Wildman–Crippen LogP) is -0.454. The summed E-state index contributed by atoms with van der Waals surface area (Å²) in [5, 5.41) is 15.0. The van der Waals surface area contributed by atoms with Crippen molar-refractivity contribution < 1.29 is 19.5 Å². The van der Waals surface area contributed by atoms with Crippen molar-refractivity contribution in [3.8, 4) is 0 Å². The van der Waals surface area contributed by atoms with Crippen LogP contribution in [0.4, 0.5) is 0 Å². The highest BCUT2D eigenvalue weighted by Crippen LogP contribution is 2.21. The molecule has 2 amide bonds. The molecule has 1 saturated heterocycles. The second kappa shape index (κ2) is 6.96. The van der Waals surface area contributed by atoms with Crippen molar-refractivity contribution in [3.05, 3.63) is 35.4 Å². The summed E-state index contributed by atoms with van der Waals surface area (Å²) < 4.78 is 0. The van der Waals surface area contributed by atoms with E-state index in [4.69, 9.17) is 5.11 Å². The normalized spacial score (nSPS) is 17.0. The fourth-order valence-electron chi connectivity index (χ4n) is 2.12. The first-order valence-corrected chi connectivity index (χ1v) is 6.69. The Hall–Kier alpha value is -2.25. The summed E-state index contributed by atoms with van der Waals surface area (Å²) in [6.45, 7) is 3.96. The quantitative estimate of drug-likeness (QED) is 0.638. The summed E-state index contributed by atoms with van der Waals surface area (Å²) >= 11 is 0. The van der Waals surface area contributed by atoms with E-state index in [1.807, 2.05) is 0 Å². The Bertz CT molecular complexity index is 508. The van der Waals surface area contributed by atoms with E-state index in [0.717, 1.165) is 31.1 Å². The molecule has 0 radical (unpaired) electrons. The van der Waals surface area contributed by atoms with Gasteiger partial charge in [0.25, 0.3) is 11.8 Å². The van der Waals surface area contributed by atoms with Crippen LogP contribution in [0.1, 0.15) is 20.7 Å². The van der Waals surface area contributed by atoms with Gasteiger partial charge in [-0.05, 0) is 12.1 Å². The van der Waals surface area contributed by atoms with E-state index in [9.17, 15) is 14.4 Å². The van der Waals surface area contributed by atoms with Crippen molar-refractivity contribution in [1.82, 2.24) is 15.5 Å². The Morgan fingerprint density at radius 2 is 1.43 bits per heavy atom. The lowest BCUT2D eigenvalue weighted by molar-refractivity contribution is -0.137. The lowest BCUT2D eigenvalue weighted by Crippen LogP contribution is -2.39. The number of carbonyl (C=O) groups is 3. The molecule has 1 fully saturated rings. The van der Waals surface area contributed by atoms with Gasteiger partial charge < -0.3 is 15.7 Å². The molecule has 0 aliphatic carbocycles. The average molecular weight is 291 g/mol. The number of aliphatic carboxylic acids is 1. The summed E-state index contributed by atoms with van der Waals surface area (Å²) in [5.41, 5.74) is 0.535. The number of rotatable bonds is 2. The van der Waals surface area contributed by atoms with Crippen molar-refractivity contribution in [1.29, 1.82) is 0 Å². The fourth-order valence-corrected chi connectivity index (χ4v) is 2.12. The van der Waals surface area contributed by atoms with Gasteiger partial charge in [0.15, 0.2) is 0 Å². The molecule has 7 nitrogen and oxygen atoms in total. The topological polar surface area (TPSA) is 98.7 Å². The van der Waals surface area contributed by atoms with Crippen LogP contribution in [0.15, 0.2) is 24.3 Å². The zero-order valence-corrected chi connectivity index (χ0v) is 11.5. The smallest absolute Gasteiger partial charge is 0.323 e. The number of carbonyl (C=O) groups excluding carboxylic acids is 2. The van der Waals surface area contributed by atoms with E-state index in [2.05, 4.69) is 10.6 Å². The Labute approximate surface area is 121 Å². The minimum atomic E-state index is -1.20. The number of fused-ring (bicyclic) bond motifs is 1. The Morgan fingerprint density at radius 1 is 1.00 bits per heavy atom. The lowest BCUT2D eigenvalue weighted by Gasteiger charge is -2.11. The summed E-state index contributed by atoms with van der Waals surface area (Å²) in [6, 6.07) is 6.29. The van der Waals surface area contributed by atoms with E-state index in [1.165, 1.54) is 12.1 Å². The van der Waals surface area contributed by atoms with Gasteiger partial charge in [0.1, 0.15) is 6.54 Å². The molecule has 3 rings (SSSR count). The number of nitrogens with zero attached hydrogens (tertiary/aromatic N) is 1. The number of carboxylic acids is 1. The van der Waals surface area contributed by atoms with Crippen LogP contribution in [0.25, 0.3) is 0 Å². The number of carboxylic acid groups (broad SMARTS) is 1. The molecule has 2 heterocycles. The monoisotopic (exact) mass is 291 g/mol. The molecular formula is C14H17N3O4. The minimum absolute atomic E-state index is 0.267. The molecule has 0 bridgehead atoms. The fraction of sp³-hybridized carbons (Fsp3) is 0.357. The third kappa shape index (κ3) is 3.65. The molecule has 7 heteroatoms. The van der Waals surface area contributed by atoms with Crippen LogP contribution < -0.4 is 10.6 Å². The van der Waals surface area contributed by atoms with Gasteiger partial charge in [0, 0.05) is 26.2 Å². The first-order valence-electron chi connectivity index (χ1n) is 6.69. The largest absolute Gasteiger partial charge is 0.480 e. The summed E-state index contributed by atoms with van der Waals surface area (Å²) in [7, 11) is 0. The van der Waals surface area contributed by atoms with Gasteiger partial charge in [-0.2, -0.15) is 0 Å². The molecule has 0 atom stereocenters. The molecule has 2 aliphatic rings. The van der Waals surface area contributed by atoms with Gasteiger partial charge in [0.05, 0.1) is 11.1 Å². The van der Waals surface area contributed by atoms with E-state index < -0.39 is 24.3 Å². The Morgan fingerprint density at radius 3 is 1.76 bits per heavy atom. The molecule has 0 aromatic heterocycles. The molecule has 112 valence electrons. The second-order valence-corrected chi connectivity index (χ2v) is 4.64. The molecule has 0 saturated carbocycles. The van der Waals surface area contributed by atoms with E-state index in [1.54, 1.807) is 12.1 Å². The van der Waals surface area contributed by atoms with Gasteiger partial charge >= 0.3 is 5.97 Å². The molecule has 3 N–H and O–H groups in total. The van der Waals surface area contributed by atoms with E-state index in [0.29, 0.717) is 0 Å². The molecule has 2 aliphatic heterocycles. The zero-order valence-electron chi connectivity index (χ0n) is 11.5. The number of benzene rings is 1. The first-order chi connectivity index (χ1) is 10.1. The summed E-state index contributed by atoms with van der Waals surface area (Å²) in [6.07, 6.45) is 0. The molecule has 1 aromatic carbocycles. The maximum atomic E-state index is 11.6. The number of hydrogen-bond donors (Lipinski definition) is 3.